The van der Waals surface area contributed by atoms with Crippen LogP contribution in [0.25, 0.3) is 0 Å². The van der Waals surface area contributed by atoms with Crippen molar-refractivity contribution in [3.05, 3.63) is 22.4 Å². The number of aliphatic hydroxyl groups is 1. The lowest BCUT2D eigenvalue weighted by atomic mass is 9.82. The van der Waals surface area contributed by atoms with E-state index in [1.54, 1.807) is 11.3 Å². The maximum atomic E-state index is 9.40. The molecule has 0 amide bonds. The lowest BCUT2D eigenvalue weighted by molar-refractivity contribution is 0.102. The van der Waals surface area contributed by atoms with Gasteiger partial charge in [-0.25, -0.2) is 0 Å². The van der Waals surface area contributed by atoms with E-state index >= 15 is 0 Å². The average molecular weight is 211 g/mol. The predicted molar refractivity (Wildman–Crippen MR) is 59.2 cm³/mol. The molecular weight excluding hydrogens is 194 g/mol. The monoisotopic (exact) mass is 211 g/mol. The number of nitrogens with two attached hydrogens (primary N) is 1. The standard InChI is InChI=1S/C11H17NOS/c12-11(10-2-1-7-14-10)8-3-5-9(13)6-4-8/h1-2,7-9,11,13H,3-6,12H2. The van der Waals surface area contributed by atoms with Gasteiger partial charge in [-0.15, -0.1) is 11.3 Å². The van der Waals surface area contributed by atoms with E-state index in [-0.39, 0.29) is 12.1 Å². The first-order chi connectivity index (χ1) is 6.77. The quantitative estimate of drug-likeness (QED) is 0.788. The average Bonchev–Trinajstić information content (AvgIpc) is 2.71. The van der Waals surface area contributed by atoms with Crippen LogP contribution in [0, 0.1) is 5.92 Å². The van der Waals surface area contributed by atoms with E-state index in [9.17, 15) is 5.11 Å². The number of hydrogen-bond donors (Lipinski definition) is 2. The number of aliphatic hydroxyl groups excluding tert-OH is 1. The Morgan fingerprint density at radius 1 is 1.36 bits per heavy atom. The number of thiophene rings is 1. The van der Waals surface area contributed by atoms with E-state index in [0.717, 1.165) is 25.7 Å². The zero-order valence-electron chi connectivity index (χ0n) is 8.23. The Morgan fingerprint density at radius 3 is 2.64 bits per heavy atom. The topological polar surface area (TPSA) is 46.2 Å². The van der Waals surface area contributed by atoms with Crippen molar-refractivity contribution in [2.45, 2.75) is 37.8 Å². The van der Waals surface area contributed by atoms with Crippen molar-refractivity contribution >= 4 is 11.3 Å². The second-order valence-electron chi connectivity index (χ2n) is 4.11. The van der Waals surface area contributed by atoms with Crippen LogP contribution in [0.1, 0.15) is 36.6 Å². The minimum absolute atomic E-state index is 0.0817. The fourth-order valence-corrected chi connectivity index (χ4v) is 2.99. The minimum Gasteiger partial charge on any atom is -0.393 e. The van der Waals surface area contributed by atoms with Crippen LogP contribution in [0.3, 0.4) is 0 Å². The molecule has 2 rings (SSSR count). The largest absolute Gasteiger partial charge is 0.393 e. The first kappa shape index (κ1) is 10.1. The van der Waals surface area contributed by atoms with E-state index in [0.29, 0.717) is 5.92 Å². The van der Waals surface area contributed by atoms with Crippen molar-refractivity contribution < 1.29 is 5.11 Å². The molecule has 78 valence electrons. The SMILES string of the molecule is NC(c1cccs1)C1CCC(O)CC1. The van der Waals surface area contributed by atoms with Gasteiger partial charge in [-0.1, -0.05) is 6.07 Å². The second kappa shape index (κ2) is 4.43. The van der Waals surface area contributed by atoms with Gasteiger partial charge in [-0.05, 0) is 43.0 Å². The molecule has 3 N–H and O–H groups in total. The fraction of sp³-hybridized carbons (Fsp3) is 0.636. The molecule has 0 bridgehead atoms. The molecule has 0 spiro atoms. The third-order valence-electron chi connectivity index (χ3n) is 3.12. The summed E-state index contributed by atoms with van der Waals surface area (Å²) in [5, 5.41) is 11.5. The van der Waals surface area contributed by atoms with Crippen molar-refractivity contribution in [3.63, 3.8) is 0 Å². The molecule has 1 saturated carbocycles. The highest BCUT2D eigenvalue weighted by atomic mass is 32.1. The summed E-state index contributed by atoms with van der Waals surface area (Å²) in [5.74, 6) is 0.567. The summed E-state index contributed by atoms with van der Waals surface area (Å²) >= 11 is 1.74. The molecule has 1 aromatic heterocycles. The predicted octanol–water partition coefficient (Wildman–Crippen LogP) is 2.30. The number of hydrogen-bond acceptors (Lipinski definition) is 3. The van der Waals surface area contributed by atoms with Gasteiger partial charge in [0.15, 0.2) is 0 Å². The van der Waals surface area contributed by atoms with E-state index < -0.39 is 0 Å². The second-order valence-corrected chi connectivity index (χ2v) is 5.09. The molecule has 1 heterocycles. The molecule has 2 nitrogen and oxygen atoms in total. The molecular formula is C11H17NOS. The summed E-state index contributed by atoms with van der Waals surface area (Å²) < 4.78 is 0. The molecule has 3 heteroatoms. The van der Waals surface area contributed by atoms with Crippen molar-refractivity contribution in [2.24, 2.45) is 11.7 Å². The van der Waals surface area contributed by atoms with Crippen molar-refractivity contribution in [1.82, 2.24) is 0 Å². The summed E-state index contributed by atoms with van der Waals surface area (Å²) in [6, 6.07) is 4.35. The highest BCUT2D eigenvalue weighted by Crippen LogP contribution is 2.34. The summed E-state index contributed by atoms with van der Waals surface area (Å²) in [7, 11) is 0. The summed E-state index contributed by atoms with van der Waals surface area (Å²) in [6.45, 7) is 0. The van der Waals surface area contributed by atoms with Crippen LogP contribution in [0.5, 0.6) is 0 Å². The highest BCUT2D eigenvalue weighted by Gasteiger charge is 2.25. The molecule has 1 unspecified atom stereocenters. The summed E-state index contributed by atoms with van der Waals surface area (Å²) in [5.41, 5.74) is 6.19. The van der Waals surface area contributed by atoms with Crippen molar-refractivity contribution in [2.75, 3.05) is 0 Å². The molecule has 1 fully saturated rings. The zero-order chi connectivity index (χ0) is 9.97. The van der Waals surface area contributed by atoms with Crippen molar-refractivity contribution in [1.29, 1.82) is 0 Å². The van der Waals surface area contributed by atoms with Gasteiger partial charge in [0, 0.05) is 10.9 Å². The van der Waals surface area contributed by atoms with E-state index in [4.69, 9.17) is 5.73 Å². The van der Waals surface area contributed by atoms with Gasteiger partial charge in [-0.2, -0.15) is 0 Å². The third kappa shape index (κ3) is 2.16. The van der Waals surface area contributed by atoms with Gasteiger partial charge in [-0.3, -0.25) is 0 Å². The Balaban J connectivity index is 1.95. The maximum absolute atomic E-state index is 9.40. The molecule has 1 aliphatic rings. The molecule has 0 saturated heterocycles. The third-order valence-corrected chi connectivity index (χ3v) is 4.09. The van der Waals surface area contributed by atoms with Gasteiger partial charge >= 0.3 is 0 Å². The lowest BCUT2D eigenvalue weighted by Gasteiger charge is -2.29. The van der Waals surface area contributed by atoms with E-state index in [1.807, 2.05) is 0 Å². The molecule has 14 heavy (non-hydrogen) atoms. The van der Waals surface area contributed by atoms with Crippen LogP contribution in [0.4, 0.5) is 0 Å². The van der Waals surface area contributed by atoms with Crippen LogP contribution < -0.4 is 5.73 Å². The van der Waals surface area contributed by atoms with Gasteiger partial charge < -0.3 is 10.8 Å². The maximum Gasteiger partial charge on any atom is 0.0540 e. The van der Waals surface area contributed by atoms with Gasteiger partial charge in [0.05, 0.1) is 6.10 Å². The molecule has 0 aromatic carbocycles. The first-order valence-corrected chi connectivity index (χ1v) is 6.12. The Bertz CT molecular complexity index is 265. The summed E-state index contributed by atoms with van der Waals surface area (Å²) in [6.07, 6.45) is 3.90. The Kier molecular flexibility index (Phi) is 3.21. The summed E-state index contributed by atoms with van der Waals surface area (Å²) in [4.78, 5) is 1.28. The highest BCUT2D eigenvalue weighted by molar-refractivity contribution is 7.10. The van der Waals surface area contributed by atoms with Gasteiger partial charge in [0.2, 0.25) is 0 Å². The normalized spacial score (nSPS) is 30.1. The zero-order valence-corrected chi connectivity index (χ0v) is 9.04. The van der Waals surface area contributed by atoms with Gasteiger partial charge in [0.25, 0.3) is 0 Å². The van der Waals surface area contributed by atoms with E-state index in [1.165, 1.54) is 4.88 Å². The molecule has 1 aromatic rings. The van der Waals surface area contributed by atoms with Crippen LogP contribution in [0.2, 0.25) is 0 Å². The lowest BCUT2D eigenvalue weighted by Crippen LogP contribution is -2.27. The Labute approximate surface area is 88.8 Å². The first-order valence-electron chi connectivity index (χ1n) is 5.24. The molecule has 1 aliphatic carbocycles. The smallest absolute Gasteiger partial charge is 0.0540 e. The van der Waals surface area contributed by atoms with Crippen LogP contribution >= 0.6 is 11.3 Å². The Morgan fingerprint density at radius 2 is 2.07 bits per heavy atom. The minimum atomic E-state index is -0.0817. The van der Waals surface area contributed by atoms with Crippen LogP contribution in [-0.2, 0) is 0 Å². The molecule has 1 atom stereocenters. The number of rotatable bonds is 2. The van der Waals surface area contributed by atoms with E-state index in [2.05, 4.69) is 17.5 Å². The molecule has 0 aliphatic heterocycles. The van der Waals surface area contributed by atoms with Crippen LogP contribution in [0.15, 0.2) is 17.5 Å². The Hall–Kier alpha value is -0.380. The fourth-order valence-electron chi connectivity index (χ4n) is 2.17. The van der Waals surface area contributed by atoms with Crippen LogP contribution in [-0.4, -0.2) is 11.2 Å². The van der Waals surface area contributed by atoms with Gasteiger partial charge in [0.1, 0.15) is 0 Å². The van der Waals surface area contributed by atoms with Crippen molar-refractivity contribution in [3.8, 4) is 0 Å². The molecule has 0 radical (unpaired) electrons.